The van der Waals surface area contributed by atoms with Crippen molar-refractivity contribution in [1.29, 1.82) is 0 Å². The van der Waals surface area contributed by atoms with Crippen LogP contribution in [0.2, 0.25) is 5.02 Å². The summed E-state index contributed by atoms with van der Waals surface area (Å²) in [5, 5.41) is 0.666. The Morgan fingerprint density at radius 3 is 2.25 bits per heavy atom. The summed E-state index contributed by atoms with van der Waals surface area (Å²) in [5.74, 6) is 0.136. The third-order valence-corrected chi connectivity index (χ3v) is 6.60. The number of hydrogen-bond donors (Lipinski definition) is 0. The van der Waals surface area contributed by atoms with Crippen LogP contribution in [0.1, 0.15) is 41.6 Å². The highest BCUT2D eigenvalue weighted by Gasteiger charge is 2.41. The molecule has 2 bridgehead atoms. The maximum atomic E-state index is 13.4. The average Bonchev–Trinajstić information content (AvgIpc) is 2.90. The molecule has 5 heteroatoms. The second kappa shape index (κ2) is 9.30. The van der Waals surface area contributed by atoms with E-state index in [0.29, 0.717) is 23.1 Å². The second-order valence-electron chi connectivity index (χ2n) is 7.92. The van der Waals surface area contributed by atoms with Gasteiger partial charge in [-0.1, -0.05) is 41.9 Å². The molecule has 2 aliphatic heterocycles. The van der Waals surface area contributed by atoms with Crippen LogP contribution in [-0.4, -0.2) is 47.4 Å². The lowest BCUT2D eigenvalue weighted by molar-refractivity contribution is 0.0488. The molecular formula is C23H28Cl2N2O. The van der Waals surface area contributed by atoms with E-state index < -0.39 is 0 Å². The standard InChI is InChI=1S/C23H27ClN2O.ClH/c1-25-20-11-12-21(25)16-22(15-20)26(14-13-17-5-3-2-4-6-17)23(27)18-7-9-19(24)10-8-18;/h2-10,20-22H,11-16H2,1H3;1H. The molecule has 2 aromatic carbocycles. The zero-order valence-electron chi connectivity index (χ0n) is 16.3. The fourth-order valence-corrected chi connectivity index (χ4v) is 4.87. The van der Waals surface area contributed by atoms with Crippen molar-refractivity contribution in [2.75, 3.05) is 13.6 Å². The van der Waals surface area contributed by atoms with Gasteiger partial charge in [-0.2, -0.15) is 0 Å². The molecule has 2 fully saturated rings. The lowest BCUT2D eigenvalue weighted by Crippen LogP contribution is -2.51. The number of nitrogens with zero attached hydrogens (tertiary/aromatic N) is 2. The van der Waals surface area contributed by atoms with Crippen LogP contribution in [0, 0.1) is 0 Å². The Morgan fingerprint density at radius 1 is 1.04 bits per heavy atom. The summed E-state index contributed by atoms with van der Waals surface area (Å²) in [6, 6.07) is 19.3. The smallest absolute Gasteiger partial charge is 0.254 e. The van der Waals surface area contributed by atoms with Gasteiger partial charge >= 0.3 is 0 Å². The van der Waals surface area contributed by atoms with Crippen molar-refractivity contribution in [3.05, 3.63) is 70.7 Å². The summed E-state index contributed by atoms with van der Waals surface area (Å²) < 4.78 is 0. The van der Waals surface area contributed by atoms with Crippen molar-refractivity contribution in [3.63, 3.8) is 0 Å². The first kappa shape index (κ1) is 21.2. The Balaban J connectivity index is 0.00000225. The van der Waals surface area contributed by atoms with E-state index in [-0.39, 0.29) is 18.3 Å². The van der Waals surface area contributed by atoms with Crippen molar-refractivity contribution < 1.29 is 4.79 Å². The highest BCUT2D eigenvalue weighted by atomic mass is 35.5. The van der Waals surface area contributed by atoms with Crippen LogP contribution in [0.4, 0.5) is 0 Å². The molecule has 2 aromatic rings. The van der Waals surface area contributed by atoms with Gasteiger partial charge in [0.15, 0.2) is 0 Å². The van der Waals surface area contributed by atoms with Gasteiger partial charge in [-0.3, -0.25) is 4.79 Å². The number of rotatable bonds is 5. The molecular weight excluding hydrogens is 391 g/mol. The predicted octanol–water partition coefficient (Wildman–Crippen LogP) is 5.07. The molecule has 28 heavy (non-hydrogen) atoms. The molecule has 3 nitrogen and oxygen atoms in total. The molecule has 0 N–H and O–H groups in total. The van der Waals surface area contributed by atoms with Gasteiger partial charge in [-0.05, 0) is 69.0 Å². The summed E-state index contributed by atoms with van der Waals surface area (Å²) >= 11 is 6.02. The van der Waals surface area contributed by atoms with Gasteiger partial charge in [0.05, 0.1) is 0 Å². The van der Waals surface area contributed by atoms with Gasteiger partial charge in [-0.25, -0.2) is 0 Å². The first-order valence-corrected chi connectivity index (χ1v) is 10.3. The third kappa shape index (κ3) is 4.53. The zero-order valence-corrected chi connectivity index (χ0v) is 17.8. The number of carbonyl (C=O) groups is 1. The Hall–Kier alpha value is -1.55. The van der Waals surface area contributed by atoms with E-state index in [1.807, 2.05) is 30.3 Å². The molecule has 2 atom stereocenters. The molecule has 0 aromatic heterocycles. The monoisotopic (exact) mass is 418 g/mol. The number of piperidine rings is 1. The second-order valence-corrected chi connectivity index (χ2v) is 8.35. The average molecular weight is 419 g/mol. The molecule has 2 heterocycles. The number of carbonyl (C=O) groups excluding carboxylic acids is 1. The fraction of sp³-hybridized carbons (Fsp3) is 0.435. The molecule has 0 spiro atoms. The molecule has 0 radical (unpaired) electrons. The van der Waals surface area contributed by atoms with Crippen LogP contribution in [0.25, 0.3) is 0 Å². The summed E-state index contributed by atoms with van der Waals surface area (Å²) in [7, 11) is 2.24. The third-order valence-electron chi connectivity index (χ3n) is 6.35. The van der Waals surface area contributed by atoms with E-state index in [1.165, 1.54) is 18.4 Å². The molecule has 2 saturated heterocycles. The highest BCUT2D eigenvalue weighted by Crippen LogP contribution is 2.36. The minimum absolute atomic E-state index is 0. The lowest BCUT2D eigenvalue weighted by Gasteiger charge is -2.42. The number of hydrogen-bond acceptors (Lipinski definition) is 2. The van der Waals surface area contributed by atoms with E-state index >= 15 is 0 Å². The Bertz CT molecular complexity index is 767. The summed E-state index contributed by atoms with van der Waals surface area (Å²) in [6.45, 7) is 0.763. The maximum Gasteiger partial charge on any atom is 0.254 e. The van der Waals surface area contributed by atoms with Crippen molar-refractivity contribution in [1.82, 2.24) is 9.80 Å². The molecule has 2 aliphatic rings. The molecule has 1 amide bonds. The largest absolute Gasteiger partial charge is 0.335 e. The van der Waals surface area contributed by atoms with E-state index in [1.54, 1.807) is 0 Å². The van der Waals surface area contributed by atoms with Crippen molar-refractivity contribution in [2.24, 2.45) is 0 Å². The van der Waals surface area contributed by atoms with Crippen LogP contribution in [0.5, 0.6) is 0 Å². The van der Waals surface area contributed by atoms with Gasteiger partial charge in [-0.15, -0.1) is 12.4 Å². The van der Waals surface area contributed by atoms with Crippen LogP contribution in [0.15, 0.2) is 54.6 Å². The number of benzene rings is 2. The first-order valence-electron chi connectivity index (χ1n) is 9.94. The summed E-state index contributed by atoms with van der Waals surface area (Å²) in [4.78, 5) is 18.0. The van der Waals surface area contributed by atoms with Crippen LogP contribution < -0.4 is 0 Å². The Kier molecular flexibility index (Phi) is 7.03. The predicted molar refractivity (Wildman–Crippen MR) is 117 cm³/mol. The van der Waals surface area contributed by atoms with Crippen LogP contribution >= 0.6 is 24.0 Å². The van der Waals surface area contributed by atoms with Crippen LogP contribution in [0.3, 0.4) is 0 Å². The molecule has 4 rings (SSSR count). The van der Waals surface area contributed by atoms with Crippen molar-refractivity contribution in [2.45, 2.75) is 50.2 Å². The van der Waals surface area contributed by atoms with E-state index in [4.69, 9.17) is 11.6 Å². The van der Waals surface area contributed by atoms with Crippen molar-refractivity contribution in [3.8, 4) is 0 Å². The van der Waals surface area contributed by atoms with Gasteiger partial charge in [0, 0.05) is 35.3 Å². The normalized spacial score (nSPS) is 23.9. The number of amides is 1. The van der Waals surface area contributed by atoms with E-state index in [9.17, 15) is 4.79 Å². The van der Waals surface area contributed by atoms with Gasteiger partial charge < -0.3 is 9.80 Å². The molecule has 2 unspecified atom stereocenters. The highest BCUT2D eigenvalue weighted by molar-refractivity contribution is 6.30. The topological polar surface area (TPSA) is 23.6 Å². The van der Waals surface area contributed by atoms with Crippen molar-refractivity contribution >= 4 is 29.9 Å². The van der Waals surface area contributed by atoms with Crippen LogP contribution in [-0.2, 0) is 6.42 Å². The van der Waals surface area contributed by atoms with Gasteiger partial charge in [0.2, 0.25) is 0 Å². The SMILES string of the molecule is CN1C2CCC1CC(N(CCc1ccccc1)C(=O)c1ccc(Cl)cc1)C2.Cl. The van der Waals surface area contributed by atoms with Gasteiger partial charge in [0.25, 0.3) is 5.91 Å². The lowest BCUT2D eigenvalue weighted by atomic mass is 9.95. The zero-order chi connectivity index (χ0) is 18.8. The number of fused-ring (bicyclic) bond motifs is 2. The Labute approximate surface area is 179 Å². The first-order chi connectivity index (χ1) is 13.1. The summed E-state index contributed by atoms with van der Waals surface area (Å²) in [6.07, 6.45) is 5.59. The quantitative estimate of drug-likeness (QED) is 0.676. The Morgan fingerprint density at radius 2 is 1.64 bits per heavy atom. The maximum absolute atomic E-state index is 13.4. The fourth-order valence-electron chi connectivity index (χ4n) is 4.74. The minimum atomic E-state index is 0. The molecule has 150 valence electrons. The molecule has 0 saturated carbocycles. The van der Waals surface area contributed by atoms with Gasteiger partial charge in [0.1, 0.15) is 0 Å². The summed E-state index contributed by atoms with van der Waals surface area (Å²) in [5.41, 5.74) is 2.01. The van der Waals surface area contributed by atoms with E-state index in [0.717, 1.165) is 31.4 Å². The minimum Gasteiger partial charge on any atom is -0.335 e. The van der Waals surface area contributed by atoms with E-state index in [2.05, 4.69) is 41.1 Å². The number of halogens is 2. The molecule has 0 aliphatic carbocycles.